The van der Waals surface area contributed by atoms with E-state index < -0.39 is 5.97 Å². The molecule has 2 amide bonds. The van der Waals surface area contributed by atoms with Crippen LogP contribution in [0.15, 0.2) is 72.8 Å². The van der Waals surface area contributed by atoms with Crippen molar-refractivity contribution in [1.82, 2.24) is 0 Å². The molecule has 0 aliphatic heterocycles. The highest BCUT2D eigenvalue weighted by molar-refractivity contribution is 6.09. The summed E-state index contributed by atoms with van der Waals surface area (Å²) in [5.41, 5.74) is 3.33. The van der Waals surface area contributed by atoms with Gasteiger partial charge in [-0.05, 0) is 48.7 Å². The lowest BCUT2D eigenvalue weighted by Gasteiger charge is -2.14. The first-order chi connectivity index (χ1) is 15.0. The predicted molar refractivity (Wildman–Crippen MR) is 120 cm³/mol. The van der Waals surface area contributed by atoms with Gasteiger partial charge in [0.05, 0.1) is 18.4 Å². The second-order valence-electron chi connectivity index (χ2n) is 7.00. The van der Waals surface area contributed by atoms with Gasteiger partial charge < -0.3 is 15.4 Å². The third-order valence-electron chi connectivity index (χ3n) is 4.92. The Morgan fingerprint density at radius 2 is 1.42 bits per heavy atom. The number of anilines is 2. The highest BCUT2D eigenvalue weighted by atomic mass is 16.5. The van der Waals surface area contributed by atoms with Crippen molar-refractivity contribution in [3.05, 3.63) is 95.1 Å². The zero-order valence-corrected chi connectivity index (χ0v) is 17.5. The summed E-state index contributed by atoms with van der Waals surface area (Å²) < 4.78 is 4.77. The molecule has 6 heteroatoms. The minimum absolute atomic E-state index is 0.124. The van der Waals surface area contributed by atoms with Crippen LogP contribution in [-0.4, -0.2) is 24.9 Å². The van der Waals surface area contributed by atoms with Gasteiger partial charge in [0.25, 0.3) is 5.91 Å². The van der Waals surface area contributed by atoms with Gasteiger partial charge in [0.2, 0.25) is 5.91 Å². The first-order valence-electron chi connectivity index (χ1n) is 9.91. The van der Waals surface area contributed by atoms with E-state index in [4.69, 9.17) is 4.74 Å². The fourth-order valence-electron chi connectivity index (χ4n) is 3.20. The smallest absolute Gasteiger partial charge is 0.339 e. The Balaban J connectivity index is 1.71. The number of amides is 2. The van der Waals surface area contributed by atoms with Crippen LogP contribution in [-0.2, 0) is 16.0 Å². The number of ether oxygens (including phenoxy) is 1. The monoisotopic (exact) mass is 416 g/mol. The molecule has 6 nitrogen and oxygen atoms in total. The molecule has 0 saturated carbocycles. The van der Waals surface area contributed by atoms with Gasteiger partial charge >= 0.3 is 5.97 Å². The number of benzene rings is 3. The van der Waals surface area contributed by atoms with E-state index in [1.54, 1.807) is 49.4 Å². The summed E-state index contributed by atoms with van der Waals surface area (Å²) in [7, 11) is 1.29. The number of carbonyl (C=O) groups is 3. The lowest BCUT2D eigenvalue weighted by molar-refractivity contribution is -0.116. The van der Waals surface area contributed by atoms with E-state index in [0.717, 1.165) is 5.56 Å². The minimum atomic E-state index is -0.535. The van der Waals surface area contributed by atoms with Gasteiger partial charge in [-0.25, -0.2) is 4.79 Å². The van der Waals surface area contributed by atoms with Gasteiger partial charge in [0, 0.05) is 17.7 Å². The zero-order chi connectivity index (χ0) is 22.2. The van der Waals surface area contributed by atoms with E-state index >= 15 is 0 Å². The second kappa shape index (κ2) is 10.2. The van der Waals surface area contributed by atoms with Crippen molar-refractivity contribution in [2.45, 2.75) is 19.8 Å². The molecule has 0 atom stereocenters. The summed E-state index contributed by atoms with van der Waals surface area (Å²) in [6.07, 6.45) is 0.975. The summed E-state index contributed by atoms with van der Waals surface area (Å²) in [5, 5.41) is 5.64. The molecule has 0 saturated heterocycles. The first kappa shape index (κ1) is 21.8. The molecule has 0 fully saturated rings. The van der Waals surface area contributed by atoms with E-state index in [1.807, 2.05) is 30.3 Å². The molecule has 3 rings (SSSR count). The van der Waals surface area contributed by atoms with Gasteiger partial charge in [-0.15, -0.1) is 0 Å². The van der Waals surface area contributed by atoms with Gasteiger partial charge in [-0.1, -0.05) is 48.5 Å². The van der Waals surface area contributed by atoms with Crippen molar-refractivity contribution < 1.29 is 19.1 Å². The number of hydrogen-bond acceptors (Lipinski definition) is 4. The molecule has 0 aliphatic carbocycles. The first-order valence-corrected chi connectivity index (χ1v) is 9.91. The van der Waals surface area contributed by atoms with Crippen LogP contribution in [0.25, 0.3) is 0 Å². The number of methoxy groups -OCH3 is 1. The number of para-hydroxylation sites is 1. The molecule has 3 aromatic rings. The van der Waals surface area contributed by atoms with Crippen LogP contribution < -0.4 is 10.6 Å². The van der Waals surface area contributed by atoms with Crippen molar-refractivity contribution in [2.75, 3.05) is 17.7 Å². The number of aryl methyl sites for hydroxylation is 1. The Hall–Kier alpha value is -3.93. The summed E-state index contributed by atoms with van der Waals surface area (Å²) in [6.45, 7) is 1.77. The normalized spacial score (nSPS) is 10.3. The van der Waals surface area contributed by atoms with Crippen molar-refractivity contribution in [1.29, 1.82) is 0 Å². The van der Waals surface area contributed by atoms with Gasteiger partial charge in [0.1, 0.15) is 0 Å². The van der Waals surface area contributed by atoms with Gasteiger partial charge in [0.15, 0.2) is 0 Å². The molecular weight excluding hydrogens is 392 g/mol. The largest absolute Gasteiger partial charge is 0.465 e. The number of hydrogen-bond donors (Lipinski definition) is 2. The fourth-order valence-corrected chi connectivity index (χ4v) is 3.20. The molecule has 0 unspecified atom stereocenters. The van der Waals surface area contributed by atoms with Crippen molar-refractivity contribution in [3.8, 4) is 0 Å². The maximum atomic E-state index is 12.9. The van der Waals surface area contributed by atoms with Crippen LogP contribution in [0.3, 0.4) is 0 Å². The Morgan fingerprint density at radius 3 is 2.16 bits per heavy atom. The Kier molecular flexibility index (Phi) is 7.17. The minimum Gasteiger partial charge on any atom is -0.465 e. The lowest BCUT2D eigenvalue weighted by atomic mass is 10.0. The summed E-state index contributed by atoms with van der Waals surface area (Å²) in [5.74, 6) is -1.04. The van der Waals surface area contributed by atoms with Crippen LogP contribution in [0.2, 0.25) is 0 Å². The maximum absolute atomic E-state index is 12.9. The molecule has 158 valence electrons. The summed E-state index contributed by atoms with van der Waals surface area (Å²) in [4.78, 5) is 37.2. The van der Waals surface area contributed by atoms with Crippen LogP contribution in [0.4, 0.5) is 11.4 Å². The third kappa shape index (κ3) is 5.57. The van der Waals surface area contributed by atoms with Crippen molar-refractivity contribution in [2.24, 2.45) is 0 Å². The highest BCUT2D eigenvalue weighted by Crippen LogP contribution is 2.22. The maximum Gasteiger partial charge on any atom is 0.339 e. The zero-order valence-electron chi connectivity index (χ0n) is 17.5. The molecule has 31 heavy (non-hydrogen) atoms. The van der Waals surface area contributed by atoms with Crippen molar-refractivity contribution in [3.63, 3.8) is 0 Å². The molecule has 0 aromatic heterocycles. The summed E-state index contributed by atoms with van der Waals surface area (Å²) in [6, 6.07) is 21.6. The topological polar surface area (TPSA) is 84.5 Å². The van der Waals surface area contributed by atoms with E-state index in [9.17, 15) is 14.4 Å². The third-order valence-corrected chi connectivity index (χ3v) is 4.92. The molecule has 0 bridgehead atoms. The molecule has 2 N–H and O–H groups in total. The molecule has 3 aromatic carbocycles. The number of esters is 1. The quantitative estimate of drug-likeness (QED) is 0.551. The number of carbonyl (C=O) groups excluding carboxylic acids is 3. The van der Waals surface area contributed by atoms with E-state index in [-0.39, 0.29) is 17.4 Å². The van der Waals surface area contributed by atoms with Crippen LogP contribution in [0, 0.1) is 6.92 Å². The Morgan fingerprint density at radius 1 is 0.774 bits per heavy atom. The Labute approximate surface area is 181 Å². The molecule has 0 spiro atoms. The van der Waals surface area contributed by atoms with Crippen LogP contribution in [0.1, 0.15) is 38.3 Å². The van der Waals surface area contributed by atoms with Gasteiger partial charge in [-0.3, -0.25) is 9.59 Å². The average molecular weight is 416 g/mol. The standard InChI is InChI=1S/C25H24N2O4/c1-17-19(24(29)27-22-13-7-6-11-20(22)25(30)31-2)12-8-14-21(17)26-23(28)16-15-18-9-4-3-5-10-18/h3-14H,15-16H2,1-2H3,(H,26,28)(H,27,29). The SMILES string of the molecule is COC(=O)c1ccccc1NC(=O)c1cccc(NC(=O)CCc2ccccc2)c1C. The van der Waals surface area contributed by atoms with E-state index in [2.05, 4.69) is 10.6 Å². The Bertz CT molecular complexity index is 1090. The van der Waals surface area contributed by atoms with E-state index in [1.165, 1.54) is 7.11 Å². The van der Waals surface area contributed by atoms with Crippen LogP contribution >= 0.6 is 0 Å². The highest BCUT2D eigenvalue weighted by Gasteiger charge is 2.17. The molecule has 0 radical (unpaired) electrons. The average Bonchev–Trinajstić information content (AvgIpc) is 2.79. The van der Waals surface area contributed by atoms with Crippen LogP contribution in [0.5, 0.6) is 0 Å². The molecular formula is C25H24N2O4. The lowest BCUT2D eigenvalue weighted by Crippen LogP contribution is -2.18. The fraction of sp³-hybridized carbons (Fsp3) is 0.160. The predicted octanol–water partition coefficient (Wildman–Crippen LogP) is 4.61. The van der Waals surface area contributed by atoms with Gasteiger partial charge in [-0.2, -0.15) is 0 Å². The summed E-state index contributed by atoms with van der Waals surface area (Å²) >= 11 is 0. The number of rotatable bonds is 7. The number of nitrogens with one attached hydrogen (secondary N) is 2. The molecule has 0 aliphatic rings. The molecule has 0 heterocycles. The van der Waals surface area contributed by atoms with Crippen molar-refractivity contribution >= 4 is 29.2 Å². The van der Waals surface area contributed by atoms with E-state index in [0.29, 0.717) is 35.3 Å². The second-order valence-corrected chi connectivity index (χ2v) is 7.00.